The second-order valence-corrected chi connectivity index (χ2v) is 6.73. The van der Waals surface area contributed by atoms with E-state index in [0.29, 0.717) is 12.6 Å². The van der Waals surface area contributed by atoms with E-state index in [2.05, 4.69) is 19.7 Å². The molecule has 25 heavy (non-hydrogen) atoms. The van der Waals surface area contributed by atoms with Crippen molar-refractivity contribution in [2.45, 2.75) is 11.5 Å². The molecule has 0 aliphatic carbocycles. The maximum atomic E-state index is 13.6. The molecular weight excluding hydrogens is 406 g/mol. The third-order valence-electron chi connectivity index (χ3n) is 3.36. The standard InChI is InChI=1S/C13H18F3N3O3S.2ClH/c14-11-9-10(1-2-12(11)22-13(15)16)23(20,21)18-5-8-19-6-3-17-4-7-19;;/h1-2,9,13,17-18H,3-8H2;2*1H. The van der Waals surface area contributed by atoms with Gasteiger partial charge < -0.3 is 10.1 Å². The third-order valence-corrected chi connectivity index (χ3v) is 4.82. The monoisotopic (exact) mass is 425 g/mol. The van der Waals surface area contributed by atoms with Gasteiger partial charge in [-0.1, -0.05) is 0 Å². The summed E-state index contributed by atoms with van der Waals surface area (Å²) in [5, 5.41) is 3.18. The molecule has 0 spiro atoms. The first-order valence-corrected chi connectivity index (χ1v) is 8.54. The highest BCUT2D eigenvalue weighted by Crippen LogP contribution is 2.22. The molecule has 1 aromatic carbocycles. The van der Waals surface area contributed by atoms with E-state index in [1.165, 1.54) is 0 Å². The molecular formula is C13H20Cl2F3N3O3S. The fourth-order valence-corrected chi connectivity index (χ4v) is 3.23. The van der Waals surface area contributed by atoms with Crippen LogP contribution in [0.2, 0.25) is 0 Å². The summed E-state index contributed by atoms with van der Waals surface area (Å²) in [6.45, 7) is 0.901. The van der Waals surface area contributed by atoms with Gasteiger partial charge in [0.05, 0.1) is 4.90 Å². The summed E-state index contributed by atoms with van der Waals surface area (Å²) in [7, 11) is -3.90. The van der Waals surface area contributed by atoms with E-state index in [0.717, 1.165) is 38.3 Å². The summed E-state index contributed by atoms with van der Waals surface area (Å²) < 4.78 is 68.1. The fourth-order valence-electron chi connectivity index (χ4n) is 2.20. The molecule has 0 aromatic heterocycles. The number of nitrogens with zero attached hydrogens (tertiary/aromatic N) is 1. The Morgan fingerprint density at radius 2 is 1.88 bits per heavy atom. The maximum Gasteiger partial charge on any atom is 0.387 e. The van der Waals surface area contributed by atoms with Crippen molar-refractivity contribution in [3.05, 3.63) is 24.0 Å². The fraction of sp³-hybridized carbons (Fsp3) is 0.538. The number of alkyl halides is 2. The normalized spacial score (nSPS) is 15.4. The van der Waals surface area contributed by atoms with Crippen LogP contribution < -0.4 is 14.8 Å². The lowest BCUT2D eigenvalue weighted by Crippen LogP contribution is -2.46. The van der Waals surface area contributed by atoms with Crippen LogP contribution in [-0.2, 0) is 10.0 Å². The molecule has 2 N–H and O–H groups in total. The van der Waals surface area contributed by atoms with Crippen molar-refractivity contribution in [1.29, 1.82) is 0 Å². The number of nitrogens with one attached hydrogen (secondary N) is 2. The molecule has 1 saturated heterocycles. The lowest BCUT2D eigenvalue weighted by Gasteiger charge is -2.27. The zero-order chi connectivity index (χ0) is 16.9. The summed E-state index contributed by atoms with van der Waals surface area (Å²) in [6.07, 6.45) is 0. The van der Waals surface area contributed by atoms with E-state index < -0.39 is 28.2 Å². The van der Waals surface area contributed by atoms with E-state index in [-0.39, 0.29) is 36.3 Å². The SMILES string of the molecule is Cl.Cl.O=S(=O)(NCCN1CCNCC1)c1ccc(OC(F)F)c(F)c1. The zero-order valence-electron chi connectivity index (χ0n) is 13.1. The molecule has 0 radical (unpaired) electrons. The van der Waals surface area contributed by atoms with Gasteiger partial charge in [-0.3, -0.25) is 4.90 Å². The van der Waals surface area contributed by atoms with Crippen LogP contribution in [-0.4, -0.2) is 59.2 Å². The predicted octanol–water partition coefficient (Wildman–Crippen LogP) is 1.45. The highest BCUT2D eigenvalue weighted by atomic mass is 35.5. The molecule has 0 bridgehead atoms. The van der Waals surface area contributed by atoms with Crippen LogP contribution >= 0.6 is 24.8 Å². The number of benzene rings is 1. The number of hydrogen-bond acceptors (Lipinski definition) is 5. The Labute approximate surface area is 157 Å². The highest BCUT2D eigenvalue weighted by molar-refractivity contribution is 7.89. The van der Waals surface area contributed by atoms with E-state index in [1.807, 2.05) is 0 Å². The first-order chi connectivity index (χ1) is 10.9. The van der Waals surface area contributed by atoms with Gasteiger partial charge in [-0.25, -0.2) is 17.5 Å². The van der Waals surface area contributed by atoms with Gasteiger partial charge in [0, 0.05) is 39.3 Å². The smallest absolute Gasteiger partial charge is 0.387 e. The first kappa shape index (κ1) is 24.2. The number of rotatable bonds is 7. The molecule has 1 heterocycles. The van der Waals surface area contributed by atoms with Crippen LogP contribution in [0.4, 0.5) is 13.2 Å². The summed E-state index contributed by atoms with van der Waals surface area (Å²) >= 11 is 0. The summed E-state index contributed by atoms with van der Waals surface area (Å²) in [6, 6.07) is 2.55. The van der Waals surface area contributed by atoms with Crippen molar-refractivity contribution in [3.8, 4) is 5.75 Å². The number of piperazine rings is 1. The van der Waals surface area contributed by atoms with Crippen LogP contribution in [0.25, 0.3) is 0 Å². The Hall–Kier alpha value is -0.780. The van der Waals surface area contributed by atoms with Crippen molar-refractivity contribution in [2.75, 3.05) is 39.3 Å². The van der Waals surface area contributed by atoms with Gasteiger partial charge >= 0.3 is 6.61 Å². The number of ether oxygens (including phenoxy) is 1. The van der Waals surface area contributed by atoms with Crippen LogP contribution in [0, 0.1) is 5.82 Å². The third kappa shape index (κ3) is 7.55. The van der Waals surface area contributed by atoms with Crippen LogP contribution in [0.3, 0.4) is 0 Å². The van der Waals surface area contributed by atoms with Crippen LogP contribution in [0.5, 0.6) is 5.75 Å². The molecule has 1 aliphatic rings. The molecule has 6 nitrogen and oxygen atoms in total. The van der Waals surface area contributed by atoms with Gasteiger partial charge in [0.2, 0.25) is 10.0 Å². The summed E-state index contributed by atoms with van der Waals surface area (Å²) in [5.74, 6) is -1.85. The van der Waals surface area contributed by atoms with Gasteiger partial charge in [0.1, 0.15) is 0 Å². The second-order valence-electron chi connectivity index (χ2n) is 4.96. The molecule has 1 aromatic rings. The molecule has 0 atom stereocenters. The summed E-state index contributed by atoms with van der Waals surface area (Å²) in [4.78, 5) is 1.76. The van der Waals surface area contributed by atoms with Crippen molar-refractivity contribution in [2.24, 2.45) is 0 Å². The zero-order valence-corrected chi connectivity index (χ0v) is 15.5. The Morgan fingerprint density at radius 3 is 2.44 bits per heavy atom. The minimum absolute atomic E-state index is 0. The summed E-state index contributed by atoms with van der Waals surface area (Å²) in [5.41, 5.74) is 0. The molecule has 2 rings (SSSR count). The van der Waals surface area contributed by atoms with Gasteiger partial charge in [0.25, 0.3) is 0 Å². The molecule has 0 unspecified atom stereocenters. The predicted molar refractivity (Wildman–Crippen MR) is 92.0 cm³/mol. The lowest BCUT2D eigenvalue weighted by atomic mass is 10.3. The molecule has 1 aliphatic heterocycles. The van der Waals surface area contributed by atoms with Crippen molar-refractivity contribution in [1.82, 2.24) is 14.9 Å². The van der Waals surface area contributed by atoms with Crippen LogP contribution in [0.15, 0.2) is 23.1 Å². The largest absolute Gasteiger partial charge is 0.432 e. The van der Waals surface area contributed by atoms with E-state index in [4.69, 9.17) is 0 Å². The van der Waals surface area contributed by atoms with Gasteiger partial charge in [-0.2, -0.15) is 8.78 Å². The Bertz CT molecular complexity index is 632. The van der Waals surface area contributed by atoms with Crippen molar-refractivity contribution in [3.63, 3.8) is 0 Å². The molecule has 1 fully saturated rings. The highest BCUT2D eigenvalue weighted by Gasteiger charge is 2.18. The van der Waals surface area contributed by atoms with E-state index >= 15 is 0 Å². The quantitative estimate of drug-likeness (QED) is 0.691. The second kappa shape index (κ2) is 11.0. The topological polar surface area (TPSA) is 70.7 Å². The number of halogens is 5. The molecule has 0 saturated carbocycles. The van der Waals surface area contributed by atoms with Crippen molar-refractivity contribution >= 4 is 34.8 Å². The average molecular weight is 426 g/mol. The van der Waals surface area contributed by atoms with Crippen molar-refractivity contribution < 1.29 is 26.3 Å². The average Bonchev–Trinajstić information content (AvgIpc) is 2.49. The van der Waals surface area contributed by atoms with E-state index in [9.17, 15) is 21.6 Å². The van der Waals surface area contributed by atoms with E-state index in [1.54, 1.807) is 0 Å². The Balaban J connectivity index is 0.00000288. The Morgan fingerprint density at radius 1 is 1.24 bits per heavy atom. The van der Waals surface area contributed by atoms with Gasteiger partial charge in [-0.05, 0) is 18.2 Å². The number of hydrogen-bond donors (Lipinski definition) is 2. The van der Waals surface area contributed by atoms with Crippen LogP contribution in [0.1, 0.15) is 0 Å². The van der Waals surface area contributed by atoms with Gasteiger partial charge in [0.15, 0.2) is 11.6 Å². The lowest BCUT2D eigenvalue weighted by molar-refractivity contribution is -0.0522. The minimum Gasteiger partial charge on any atom is -0.432 e. The minimum atomic E-state index is -3.90. The first-order valence-electron chi connectivity index (χ1n) is 7.05. The number of sulfonamides is 1. The van der Waals surface area contributed by atoms with Gasteiger partial charge in [-0.15, -0.1) is 24.8 Å². The molecule has 12 heteroatoms. The Kier molecular flexibility index (Phi) is 10.7. The molecule has 146 valence electrons. The molecule has 0 amide bonds. The maximum absolute atomic E-state index is 13.6.